The van der Waals surface area contributed by atoms with Crippen LogP contribution in [0.4, 0.5) is 5.69 Å². The molecule has 1 amide bonds. The van der Waals surface area contributed by atoms with Crippen molar-refractivity contribution >= 4 is 29.0 Å². The number of Topliss-reactive ketones (excluding diaryl/α,β-unsaturated/α-hetero) is 1. The normalized spacial score (nSPS) is 19.2. The van der Waals surface area contributed by atoms with Gasteiger partial charge in [-0.15, -0.1) is 0 Å². The van der Waals surface area contributed by atoms with E-state index in [9.17, 15) is 9.59 Å². The molecule has 1 aliphatic carbocycles. The number of hydrogen-bond donors (Lipinski definition) is 1. The molecule has 1 fully saturated rings. The predicted octanol–water partition coefficient (Wildman–Crippen LogP) is 9.71. The second-order valence-corrected chi connectivity index (χ2v) is 13.4. The molecule has 3 aromatic rings. The van der Waals surface area contributed by atoms with E-state index in [-0.39, 0.29) is 18.1 Å². The molecular formula is C40H55ClN2O4. The number of carbonyl (C=O) groups excluding carboxylic acids is 2. The number of hydrogen-bond acceptors (Lipinski definition) is 5. The number of nitrogens with zero attached hydrogens (tertiary/aromatic N) is 1. The summed E-state index contributed by atoms with van der Waals surface area (Å²) >= 11 is 6.20. The van der Waals surface area contributed by atoms with Gasteiger partial charge in [0.1, 0.15) is 5.78 Å². The summed E-state index contributed by atoms with van der Waals surface area (Å²) in [6.07, 6.45) is 5.78. The van der Waals surface area contributed by atoms with E-state index in [0.717, 1.165) is 41.6 Å². The molecule has 0 bridgehead atoms. The summed E-state index contributed by atoms with van der Waals surface area (Å²) in [7, 11) is 3.60. The Kier molecular flexibility index (Phi) is 14.8. The molecule has 3 aromatic carbocycles. The number of rotatable bonds is 9. The number of ketones is 1. The molecule has 7 heteroatoms. The largest absolute Gasteiger partial charge is 0.493 e. The van der Waals surface area contributed by atoms with Gasteiger partial charge < -0.3 is 19.7 Å². The Hall–Kier alpha value is -3.35. The van der Waals surface area contributed by atoms with Crippen molar-refractivity contribution < 1.29 is 19.1 Å². The van der Waals surface area contributed by atoms with Gasteiger partial charge in [0, 0.05) is 22.7 Å². The molecule has 5 rings (SSSR count). The maximum absolute atomic E-state index is 13.6. The first-order valence-electron chi connectivity index (χ1n) is 17.2. The molecule has 6 nitrogen and oxygen atoms in total. The fourth-order valence-corrected chi connectivity index (χ4v) is 6.13. The third-order valence-electron chi connectivity index (χ3n) is 8.93. The number of carbonyl (C=O) groups is 2. The van der Waals surface area contributed by atoms with E-state index in [2.05, 4.69) is 52.1 Å². The van der Waals surface area contributed by atoms with Crippen molar-refractivity contribution in [2.45, 2.75) is 111 Å². The number of methoxy groups -OCH3 is 1. The maximum atomic E-state index is 13.6. The molecule has 256 valence electrons. The molecule has 1 heterocycles. The third-order valence-corrected chi connectivity index (χ3v) is 9.18. The second kappa shape index (κ2) is 18.3. The first-order chi connectivity index (χ1) is 22.5. The van der Waals surface area contributed by atoms with Gasteiger partial charge >= 0.3 is 0 Å². The summed E-state index contributed by atoms with van der Waals surface area (Å²) in [6, 6.07) is 20.3. The molecule has 3 unspecified atom stereocenters. The van der Waals surface area contributed by atoms with Crippen LogP contribution in [0.3, 0.4) is 0 Å². The van der Waals surface area contributed by atoms with E-state index in [1.165, 1.54) is 18.4 Å². The minimum absolute atomic E-state index is 0.0439. The molecule has 0 spiro atoms. The van der Waals surface area contributed by atoms with Crippen LogP contribution in [-0.4, -0.2) is 38.0 Å². The van der Waals surface area contributed by atoms with Crippen LogP contribution in [-0.2, 0) is 16.0 Å². The topological polar surface area (TPSA) is 67.9 Å². The monoisotopic (exact) mass is 662 g/mol. The van der Waals surface area contributed by atoms with Crippen LogP contribution in [0.25, 0.3) is 0 Å². The molecule has 4 atom stereocenters. The number of ether oxygens (including phenoxy) is 2. The molecule has 47 heavy (non-hydrogen) atoms. The molecule has 0 radical (unpaired) electrons. The predicted molar refractivity (Wildman–Crippen MR) is 195 cm³/mol. The number of fused-ring (bicyclic) bond motifs is 1. The van der Waals surface area contributed by atoms with Gasteiger partial charge in [-0.25, -0.2) is 0 Å². The summed E-state index contributed by atoms with van der Waals surface area (Å²) < 4.78 is 11.8. The Morgan fingerprint density at radius 1 is 0.979 bits per heavy atom. The van der Waals surface area contributed by atoms with Crippen LogP contribution in [0.1, 0.15) is 115 Å². The summed E-state index contributed by atoms with van der Waals surface area (Å²) in [5.74, 6) is 2.51. The molecular weight excluding hydrogens is 608 g/mol. The van der Waals surface area contributed by atoms with Crippen molar-refractivity contribution in [3.63, 3.8) is 0 Å². The van der Waals surface area contributed by atoms with Gasteiger partial charge in [-0.1, -0.05) is 76.9 Å². The van der Waals surface area contributed by atoms with Gasteiger partial charge in [0.15, 0.2) is 11.5 Å². The lowest BCUT2D eigenvalue weighted by molar-refractivity contribution is -0.120. The van der Waals surface area contributed by atoms with Crippen LogP contribution < -0.4 is 19.7 Å². The molecule has 0 saturated heterocycles. The van der Waals surface area contributed by atoms with Gasteiger partial charge in [-0.2, -0.15) is 0 Å². The zero-order valence-corrected chi connectivity index (χ0v) is 30.6. The minimum atomic E-state index is -0.302. The Balaban J connectivity index is 0.000000387. The van der Waals surface area contributed by atoms with Crippen molar-refractivity contribution in [1.29, 1.82) is 0 Å². The Morgan fingerprint density at radius 2 is 1.62 bits per heavy atom. The smallest absolute Gasteiger partial charge is 0.232 e. The lowest BCUT2D eigenvalue weighted by atomic mass is 9.86. The highest BCUT2D eigenvalue weighted by Gasteiger charge is 2.36. The number of amides is 1. The first-order valence-corrected chi connectivity index (χ1v) is 17.6. The fourth-order valence-electron chi connectivity index (χ4n) is 6.01. The average molecular weight is 663 g/mol. The highest BCUT2D eigenvalue weighted by molar-refractivity contribution is 6.30. The van der Waals surface area contributed by atoms with Crippen LogP contribution in [0, 0.1) is 5.92 Å². The summed E-state index contributed by atoms with van der Waals surface area (Å²) in [5.41, 5.74) is 5.10. The quantitative estimate of drug-likeness (QED) is 0.247. The third kappa shape index (κ3) is 10.1. The molecule has 1 aliphatic heterocycles. The van der Waals surface area contributed by atoms with Gasteiger partial charge in [-0.05, 0) is 111 Å². The Labute approximate surface area is 288 Å². The second-order valence-electron chi connectivity index (χ2n) is 13.0. The number of anilines is 1. The lowest BCUT2D eigenvalue weighted by Gasteiger charge is -2.38. The van der Waals surface area contributed by atoms with Gasteiger partial charge in [0.25, 0.3) is 0 Å². The van der Waals surface area contributed by atoms with Crippen LogP contribution in [0.15, 0.2) is 60.7 Å². The number of benzene rings is 3. The van der Waals surface area contributed by atoms with Crippen molar-refractivity contribution in [2.24, 2.45) is 5.92 Å². The van der Waals surface area contributed by atoms with Crippen molar-refractivity contribution in [1.82, 2.24) is 5.32 Å². The van der Waals surface area contributed by atoms with Crippen LogP contribution >= 0.6 is 11.6 Å². The summed E-state index contributed by atoms with van der Waals surface area (Å²) in [6.45, 7) is 14.4. The molecule has 2 aliphatic rings. The Morgan fingerprint density at radius 3 is 2.11 bits per heavy atom. The maximum Gasteiger partial charge on any atom is 0.232 e. The standard InChI is InChI=1S/C29H32ClNO3.C8H15NO.C3H8/c1-6-19(4)34-27-17-25-22(15-26(27)33-5)16-28(32)31(24-13-9-20(10-14-24)18(2)3)29(25)21-7-11-23(30)12-8-21;1-6(10)7-3-4-8(5-7)9-2;1-3-2/h7-15,17-19,29H,6,16H2,1-5H3;7-9H,3-5H2,1-2H3;3H2,1-2H3/t;7-,8?;/m.1./s1. The zero-order valence-electron chi connectivity index (χ0n) is 29.9. The number of nitrogens with one attached hydrogen (secondary N) is 1. The van der Waals surface area contributed by atoms with Gasteiger partial charge in [0.05, 0.1) is 25.7 Å². The highest BCUT2D eigenvalue weighted by Crippen LogP contribution is 2.44. The van der Waals surface area contributed by atoms with Crippen LogP contribution in [0.2, 0.25) is 5.02 Å². The lowest BCUT2D eigenvalue weighted by Crippen LogP contribution is -2.41. The summed E-state index contributed by atoms with van der Waals surface area (Å²) in [5, 5.41) is 3.86. The summed E-state index contributed by atoms with van der Waals surface area (Å²) in [4.78, 5) is 26.3. The van der Waals surface area contributed by atoms with E-state index < -0.39 is 0 Å². The van der Waals surface area contributed by atoms with Crippen molar-refractivity contribution in [3.8, 4) is 11.5 Å². The first kappa shape index (κ1) is 38.1. The molecule has 1 saturated carbocycles. The van der Waals surface area contributed by atoms with E-state index in [0.29, 0.717) is 46.6 Å². The minimum Gasteiger partial charge on any atom is -0.493 e. The van der Waals surface area contributed by atoms with E-state index in [1.807, 2.05) is 67.4 Å². The van der Waals surface area contributed by atoms with E-state index in [1.54, 1.807) is 14.0 Å². The van der Waals surface area contributed by atoms with Crippen molar-refractivity contribution in [2.75, 3.05) is 19.1 Å². The molecule has 1 N–H and O–H groups in total. The SMILES string of the molecule is CCC.CCC(C)Oc1cc2c(cc1OC)CC(=O)N(c1ccc(C(C)C)cc1)C2c1ccc(Cl)cc1.CNC1CC[C@@H](C(C)=O)C1. The average Bonchev–Trinajstić information content (AvgIpc) is 3.55. The van der Waals surface area contributed by atoms with Crippen molar-refractivity contribution in [3.05, 3.63) is 87.9 Å². The van der Waals surface area contributed by atoms with Gasteiger partial charge in [-0.3, -0.25) is 9.59 Å². The van der Waals surface area contributed by atoms with E-state index >= 15 is 0 Å². The Bertz CT molecular complexity index is 1440. The fraction of sp³-hybridized carbons (Fsp3) is 0.500. The molecule has 0 aromatic heterocycles. The highest BCUT2D eigenvalue weighted by atomic mass is 35.5. The van der Waals surface area contributed by atoms with E-state index in [4.69, 9.17) is 21.1 Å². The number of halogens is 1. The zero-order chi connectivity index (χ0) is 34.7. The van der Waals surface area contributed by atoms with Crippen LogP contribution in [0.5, 0.6) is 11.5 Å². The van der Waals surface area contributed by atoms with Gasteiger partial charge in [0.2, 0.25) is 5.91 Å².